The van der Waals surface area contributed by atoms with Gasteiger partial charge in [0.1, 0.15) is 0 Å². The van der Waals surface area contributed by atoms with Crippen molar-refractivity contribution in [3.63, 3.8) is 0 Å². The van der Waals surface area contributed by atoms with Crippen molar-refractivity contribution in [2.75, 3.05) is 39.9 Å². The lowest BCUT2D eigenvalue weighted by Gasteiger charge is -2.49. The lowest BCUT2D eigenvalue weighted by atomic mass is 9.79. The summed E-state index contributed by atoms with van der Waals surface area (Å²) in [5.41, 5.74) is 1.58. The largest absolute Gasteiger partial charge is 0.379 e. The minimum absolute atomic E-state index is 0.172. The highest BCUT2D eigenvalue weighted by Gasteiger charge is 2.39. The zero-order valence-electron chi connectivity index (χ0n) is 15.1. The van der Waals surface area contributed by atoms with E-state index in [1.807, 2.05) is 0 Å². The number of hydrogen-bond donors (Lipinski definition) is 0. The van der Waals surface area contributed by atoms with Crippen LogP contribution in [0.3, 0.4) is 0 Å². The maximum atomic E-state index is 11.5. The van der Waals surface area contributed by atoms with Crippen molar-refractivity contribution >= 4 is 17.1 Å². The Morgan fingerprint density at radius 3 is 2.62 bits per heavy atom. The van der Waals surface area contributed by atoms with E-state index in [4.69, 9.17) is 4.74 Å². The number of rotatable bonds is 6. The van der Waals surface area contributed by atoms with Crippen molar-refractivity contribution < 1.29 is 9.53 Å². The first kappa shape index (κ1) is 18.1. The van der Waals surface area contributed by atoms with E-state index in [-0.39, 0.29) is 5.78 Å². The Labute approximate surface area is 149 Å². The quantitative estimate of drug-likeness (QED) is 0.736. The molecule has 1 saturated heterocycles. The second-order valence-corrected chi connectivity index (χ2v) is 8.34. The standard InChI is InChI=1S/C19H30N2O2S/c1-16(22)18-12-17(14-24-18)13-20(2)15-19(6-4-3-5-7-19)21-8-10-23-11-9-21/h12,14H,3-11,13,15H2,1-2H3. The van der Waals surface area contributed by atoms with Gasteiger partial charge >= 0.3 is 0 Å². The van der Waals surface area contributed by atoms with Gasteiger partial charge < -0.3 is 9.64 Å². The van der Waals surface area contributed by atoms with Crippen LogP contribution < -0.4 is 0 Å². The number of hydrogen-bond acceptors (Lipinski definition) is 5. The summed E-state index contributed by atoms with van der Waals surface area (Å²) in [5, 5.41) is 2.13. The van der Waals surface area contributed by atoms with E-state index in [2.05, 4.69) is 28.3 Å². The van der Waals surface area contributed by atoms with E-state index in [1.54, 1.807) is 18.3 Å². The number of Topliss-reactive ketones (excluding diaryl/α,β-unsaturated/α-hetero) is 1. The third-order valence-electron chi connectivity index (χ3n) is 5.48. The molecule has 1 aromatic rings. The Morgan fingerprint density at radius 2 is 2.00 bits per heavy atom. The first-order valence-electron chi connectivity index (χ1n) is 9.19. The fraction of sp³-hybridized carbons (Fsp3) is 0.737. The third-order valence-corrected chi connectivity index (χ3v) is 6.56. The van der Waals surface area contributed by atoms with Crippen molar-refractivity contribution in [2.45, 2.75) is 51.1 Å². The molecule has 3 rings (SSSR count). The minimum Gasteiger partial charge on any atom is -0.379 e. The van der Waals surface area contributed by atoms with Crippen LogP contribution >= 0.6 is 11.3 Å². The van der Waals surface area contributed by atoms with Crippen molar-refractivity contribution in [2.24, 2.45) is 0 Å². The molecular formula is C19H30N2O2S. The maximum Gasteiger partial charge on any atom is 0.169 e. The van der Waals surface area contributed by atoms with Crippen LogP contribution in [0.5, 0.6) is 0 Å². The molecule has 0 bridgehead atoms. The summed E-state index contributed by atoms with van der Waals surface area (Å²) < 4.78 is 5.58. The molecule has 1 aliphatic carbocycles. The molecule has 4 nitrogen and oxygen atoms in total. The highest BCUT2D eigenvalue weighted by molar-refractivity contribution is 7.12. The Bertz CT molecular complexity index is 545. The number of morpholine rings is 1. The van der Waals surface area contributed by atoms with Crippen molar-refractivity contribution in [3.05, 3.63) is 21.9 Å². The molecule has 5 heteroatoms. The molecule has 0 atom stereocenters. The molecule has 0 spiro atoms. The number of ether oxygens (including phenoxy) is 1. The fourth-order valence-electron chi connectivity index (χ4n) is 4.34. The third kappa shape index (κ3) is 4.26. The van der Waals surface area contributed by atoms with Crippen LogP contribution in [0.25, 0.3) is 0 Å². The summed E-state index contributed by atoms with van der Waals surface area (Å²) in [6.45, 7) is 7.57. The predicted molar refractivity (Wildman–Crippen MR) is 98.9 cm³/mol. The summed E-state index contributed by atoms with van der Waals surface area (Å²) in [6, 6.07) is 2.06. The van der Waals surface area contributed by atoms with Crippen LogP contribution in [0.15, 0.2) is 11.4 Å². The molecule has 134 valence electrons. The SMILES string of the molecule is CC(=O)c1cc(CN(C)CC2(N3CCOCC3)CCCCC2)cs1. The van der Waals surface area contributed by atoms with Gasteiger partial charge in [0.25, 0.3) is 0 Å². The maximum absolute atomic E-state index is 11.5. The normalized spacial score (nSPS) is 22.0. The Hall–Kier alpha value is -0.750. The van der Waals surface area contributed by atoms with Gasteiger partial charge in [0, 0.05) is 31.7 Å². The molecule has 2 heterocycles. The monoisotopic (exact) mass is 350 g/mol. The lowest BCUT2D eigenvalue weighted by molar-refractivity contribution is -0.0491. The van der Waals surface area contributed by atoms with Crippen LogP contribution in [-0.2, 0) is 11.3 Å². The molecule has 24 heavy (non-hydrogen) atoms. The van der Waals surface area contributed by atoms with Crippen molar-refractivity contribution in [1.82, 2.24) is 9.80 Å². The Morgan fingerprint density at radius 1 is 1.29 bits per heavy atom. The predicted octanol–water partition coefficient (Wildman–Crippen LogP) is 3.42. The second-order valence-electron chi connectivity index (χ2n) is 7.43. The molecule has 0 N–H and O–H groups in total. The van der Waals surface area contributed by atoms with Gasteiger partial charge in [-0.1, -0.05) is 19.3 Å². The van der Waals surface area contributed by atoms with Crippen molar-refractivity contribution in [3.8, 4) is 0 Å². The molecule has 0 aromatic carbocycles. The molecule has 1 aromatic heterocycles. The topological polar surface area (TPSA) is 32.8 Å². The summed E-state index contributed by atoms with van der Waals surface area (Å²) in [7, 11) is 2.22. The van der Waals surface area contributed by atoms with E-state index in [0.717, 1.165) is 44.3 Å². The molecular weight excluding hydrogens is 320 g/mol. The van der Waals surface area contributed by atoms with E-state index in [0.29, 0.717) is 5.54 Å². The zero-order valence-corrected chi connectivity index (χ0v) is 15.9. The average Bonchev–Trinajstić information content (AvgIpc) is 3.05. The highest BCUT2D eigenvalue weighted by atomic mass is 32.1. The van der Waals surface area contributed by atoms with E-state index >= 15 is 0 Å². The van der Waals surface area contributed by atoms with Crippen LogP contribution in [0.4, 0.5) is 0 Å². The van der Waals surface area contributed by atoms with Gasteiger partial charge in [-0.05, 0) is 43.8 Å². The van der Waals surface area contributed by atoms with Crippen LogP contribution in [0.2, 0.25) is 0 Å². The Kier molecular flexibility index (Phi) is 6.08. The smallest absolute Gasteiger partial charge is 0.169 e. The molecule has 0 unspecified atom stereocenters. The second kappa shape index (κ2) is 8.09. The molecule has 0 radical (unpaired) electrons. The zero-order chi connectivity index (χ0) is 17.0. The van der Waals surface area contributed by atoms with E-state index in [9.17, 15) is 4.79 Å². The van der Waals surface area contributed by atoms with Gasteiger partial charge in [0.15, 0.2) is 5.78 Å². The van der Waals surface area contributed by atoms with Crippen molar-refractivity contribution in [1.29, 1.82) is 0 Å². The molecule has 1 aliphatic heterocycles. The van der Waals surface area contributed by atoms with Crippen LogP contribution in [-0.4, -0.2) is 61.0 Å². The number of likely N-dealkylation sites (N-methyl/N-ethyl adjacent to an activating group) is 1. The number of ketones is 1. The van der Waals surface area contributed by atoms with Gasteiger partial charge in [-0.3, -0.25) is 9.69 Å². The highest BCUT2D eigenvalue weighted by Crippen LogP contribution is 2.35. The minimum atomic E-state index is 0.172. The lowest BCUT2D eigenvalue weighted by Crippen LogP contribution is -2.59. The summed E-state index contributed by atoms with van der Waals surface area (Å²) in [4.78, 5) is 17.5. The summed E-state index contributed by atoms with van der Waals surface area (Å²) >= 11 is 1.57. The number of carbonyl (C=O) groups is 1. The van der Waals surface area contributed by atoms with Gasteiger partial charge in [-0.15, -0.1) is 11.3 Å². The van der Waals surface area contributed by atoms with E-state index in [1.165, 1.54) is 37.7 Å². The number of nitrogens with zero attached hydrogens (tertiary/aromatic N) is 2. The van der Waals surface area contributed by atoms with Crippen LogP contribution in [0.1, 0.15) is 54.3 Å². The Balaban J connectivity index is 1.65. The number of thiophene rings is 1. The molecule has 0 amide bonds. The van der Waals surface area contributed by atoms with Gasteiger partial charge in [0.2, 0.25) is 0 Å². The fourth-order valence-corrected chi connectivity index (χ4v) is 5.14. The first-order chi connectivity index (χ1) is 11.6. The van der Waals surface area contributed by atoms with E-state index < -0.39 is 0 Å². The molecule has 2 fully saturated rings. The van der Waals surface area contributed by atoms with Gasteiger partial charge in [-0.25, -0.2) is 0 Å². The molecule has 2 aliphatic rings. The van der Waals surface area contributed by atoms with Gasteiger partial charge in [0.05, 0.1) is 18.1 Å². The number of carbonyl (C=O) groups excluding carboxylic acids is 1. The summed E-state index contributed by atoms with van der Waals surface area (Å²) in [5.74, 6) is 0.172. The summed E-state index contributed by atoms with van der Waals surface area (Å²) in [6.07, 6.45) is 6.68. The first-order valence-corrected chi connectivity index (χ1v) is 10.1. The molecule has 1 saturated carbocycles. The van der Waals surface area contributed by atoms with Gasteiger partial charge in [-0.2, -0.15) is 0 Å². The average molecular weight is 351 g/mol. The van der Waals surface area contributed by atoms with Crippen LogP contribution in [0, 0.1) is 0 Å².